The van der Waals surface area contributed by atoms with Gasteiger partial charge in [-0.3, -0.25) is 4.90 Å². The first-order valence-corrected chi connectivity index (χ1v) is 5.94. The van der Waals surface area contributed by atoms with Crippen LogP contribution in [0.1, 0.15) is 18.4 Å². The molecule has 1 unspecified atom stereocenters. The van der Waals surface area contributed by atoms with E-state index in [0.717, 1.165) is 24.5 Å². The van der Waals surface area contributed by atoms with Gasteiger partial charge in [0.1, 0.15) is 0 Å². The van der Waals surface area contributed by atoms with E-state index in [9.17, 15) is 0 Å². The Hall–Kier alpha value is -0.910. The second kappa shape index (κ2) is 6.74. The molecule has 0 aromatic carbocycles. The first kappa shape index (κ1) is 14.2. The highest BCUT2D eigenvalue weighted by molar-refractivity contribution is 5.02. The monoisotopic (exact) mass is 241 g/mol. The first-order chi connectivity index (χ1) is 8.02. The zero-order valence-corrected chi connectivity index (χ0v) is 11.2. The van der Waals surface area contributed by atoms with Crippen molar-refractivity contribution in [3.8, 4) is 0 Å². The van der Waals surface area contributed by atoms with Gasteiger partial charge in [0.2, 0.25) is 0 Å². The standard InChI is InChI=1S/C12H23N3O2/c1-10-7-12(17-13-10)9-15(4)11(2)8-14(3)5-6-16/h7,11,16H,5-6,8-9H2,1-4H3. The van der Waals surface area contributed by atoms with Crippen molar-refractivity contribution in [2.24, 2.45) is 0 Å². The van der Waals surface area contributed by atoms with Crippen LogP contribution in [0, 0.1) is 6.92 Å². The van der Waals surface area contributed by atoms with Crippen molar-refractivity contribution in [3.05, 3.63) is 17.5 Å². The second-order valence-electron chi connectivity index (χ2n) is 4.68. The Labute approximate surface area is 103 Å². The molecule has 0 aliphatic heterocycles. The number of aromatic nitrogens is 1. The van der Waals surface area contributed by atoms with Crippen LogP contribution in [-0.2, 0) is 6.54 Å². The fourth-order valence-corrected chi connectivity index (χ4v) is 1.74. The summed E-state index contributed by atoms with van der Waals surface area (Å²) in [6.07, 6.45) is 0. The maximum atomic E-state index is 8.85. The van der Waals surface area contributed by atoms with Crippen molar-refractivity contribution in [2.45, 2.75) is 26.4 Å². The Balaban J connectivity index is 2.38. The molecular formula is C12H23N3O2. The molecule has 1 heterocycles. The van der Waals surface area contributed by atoms with Crippen LogP contribution < -0.4 is 0 Å². The van der Waals surface area contributed by atoms with E-state index in [4.69, 9.17) is 9.63 Å². The molecule has 0 radical (unpaired) electrons. The van der Waals surface area contributed by atoms with Gasteiger partial charge in [0.05, 0.1) is 18.8 Å². The third kappa shape index (κ3) is 4.85. The minimum absolute atomic E-state index is 0.203. The summed E-state index contributed by atoms with van der Waals surface area (Å²) in [5.41, 5.74) is 0.915. The van der Waals surface area contributed by atoms with Crippen LogP contribution in [0.15, 0.2) is 10.6 Å². The number of hydrogen-bond acceptors (Lipinski definition) is 5. The van der Waals surface area contributed by atoms with Gasteiger partial charge in [0.15, 0.2) is 5.76 Å². The van der Waals surface area contributed by atoms with Crippen molar-refractivity contribution in [3.63, 3.8) is 0 Å². The molecule has 1 aromatic rings. The van der Waals surface area contributed by atoms with Crippen molar-refractivity contribution in [1.29, 1.82) is 0 Å². The highest BCUT2D eigenvalue weighted by Crippen LogP contribution is 2.08. The molecule has 98 valence electrons. The van der Waals surface area contributed by atoms with E-state index in [1.54, 1.807) is 0 Å². The lowest BCUT2D eigenvalue weighted by atomic mass is 10.2. The topological polar surface area (TPSA) is 52.7 Å². The third-order valence-corrected chi connectivity index (χ3v) is 2.89. The van der Waals surface area contributed by atoms with E-state index in [-0.39, 0.29) is 6.61 Å². The van der Waals surface area contributed by atoms with E-state index in [2.05, 4.69) is 28.9 Å². The SMILES string of the molecule is Cc1cc(CN(C)C(C)CN(C)CCO)on1. The van der Waals surface area contributed by atoms with Crippen LogP contribution >= 0.6 is 0 Å². The molecule has 0 bridgehead atoms. The molecular weight excluding hydrogens is 218 g/mol. The first-order valence-electron chi connectivity index (χ1n) is 5.94. The fraction of sp³-hybridized carbons (Fsp3) is 0.750. The Morgan fingerprint density at radius 1 is 1.47 bits per heavy atom. The van der Waals surface area contributed by atoms with Crippen molar-refractivity contribution in [1.82, 2.24) is 15.0 Å². The summed E-state index contributed by atoms with van der Waals surface area (Å²) in [4.78, 5) is 4.33. The molecule has 0 amide bonds. The van der Waals surface area contributed by atoms with Gasteiger partial charge in [-0.05, 0) is 27.9 Å². The van der Waals surface area contributed by atoms with E-state index in [0.29, 0.717) is 12.6 Å². The van der Waals surface area contributed by atoms with Crippen LogP contribution in [0.5, 0.6) is 0 Å². The van der Waals surface area contributed by atoms with Crippen LogP contribution in [0.3, 0.4) is 0 Å². The quantitative estimate of drug-likeness (QED) is 0.762. The number of likely N-dealkylation sites (N-methyl/N-ethyl adjacent to an activating group) is 2. The lowest BCUT2D eigenvalue weighted by molar-refractivity contribution is 0.154. The van der Waals surface area contributed by atoms with Gasteiger partial charge in [-0.25, -0.2) is 0 Å². The number of rotatable bonds is 7. The van der Waals surface area contributed by atoms with Gasteiger partial charge in [0.25, 0.3) is 0 Å². The minimum atomic E-state index is 0.203. The van der Waals surface area contributed by atoms with E-state index >= 15 is 0 Å². The van der Waals surface area contributed by atoms with Gasteiger partial charge in [-0.2, -0.15) is 0 Å². The molecule has 0 spiro atoms. The molecule has 0 saturated carbocycles. The second-order valence-corrected chi connectivity index (χ2v) is 4.68. The molecule has 0 fully saturated rings. The average molecular weight is 241 g/mol. The Morgan fingerprint density at radius 2 is 2.18 bits per heavy atom. The summed E-state index contributed by atoms with van der Waals surface area (Å²) < 4.78 is 5.19. The molecule has 0 aliphatic rings. The summed E-state index contributed by atoms with van der Waals surface area (Å²) in [6, 6.07) is 2.36. The summed E-state index contributed by atoms with van der Waals surface area (Å²) in [6.45, 7) is 6.68. The zero-order valence-electron chi connectivity index (χ0n) is 11.2. The van der Waals surface area contributed by atoms with Gasteiger partial charge < -0.3 is 14.5 Å². The highest BCUT2D eigenvalue weighted by Gasteiger charge is 2.13. The lowest BCUT2D eigenvalue weighted by Gasteiger charge is -2.27. The summed E-state index contributed by atoms with van der Waals surface area (Å²) in [7, 11) is 4.08. The Kier molecular flexibility index (Phi) is 5.61. The van der Waals surface area contributed by atoms with E-state index < -0.39 is 0 Å². The number of aliphatic hydroxyl groups is 1. The minimum Gasteiger partial charge on any atom is -0.395 e. The lowest BCUT2D eigenvalue weighted by Crippen LogP contribution is -2.39. The molecule has 1 rings (SSSR count). The predicted octanol–water partition coefficient (Wildman–Crippen LogP) is 0.727. The predicted molar refractivity (Wildman–Crippen MR) is 66.8 cm³/mol. The molecule has 5 nitrogen and oxygen atoms in total. The molecule has 17 heavy (non-hydrogen) atoms. The maximum absolute atomic E-state index is 8.85. The van der Waals surface area contributed by atoms with Gasteiger partial charge in [-0.1, -0.05) is 5.16 Å². The molecule has 1 N–H and O–H groups in total. The summed E-state index contributed by atoms with van der Waals surface area (Å²) in [5, 5.41) is 12.7. The van der Waals surface area contributed by atoms with Crippen LogP contribution in [0.2, 0.25) is 0 Å². The summed E-state index contributed by atoms with van der Waals surface area (Å²) in [5.74, 6) is 0.890. The highest BCUT2D eigenvalue weighted by atomic mass is 16.5. The number of aryl methyl sites for hydroxylation is 1. The number of hydrogen-bond donors (Lipinski definition) is 1. The normalized spacial score (nSPS) is 13.6. The smallest absolute Gasteiger partial charge is 0.150 e. The third-order valence-electron chi connectivity index (χ3n) is 2.89. The van der Waals surface area contributed by atoms with Gasteiger partial charge in [0, 0.05) is 25.2 Å². The Morgan fingerprint density at radius 3 is 2.71 bits per heavy atom. The van der Waals surface area contributed by atoms with E-state index in [1.807, 2.05) is 20.0 Å². The Bertz CT molecular complexity index is 327. The summed E-state index contributed by atoms with van der Waals surface area (Å²) >= 11 is 0. The molecule has 1 aromatic heterocycles. The maximum Gasteiger partial charge on any atom is 0.150 e. The van der Waals surface area contributed by atoms with Crippen molar-refractivity contribution in [2.75, 3.05) is 33.8 Å². The van der Waals surface area contributed by atoms with E-state index in [1.165, 1.54) is 0 Å². The number of nitrogens with zero attached hydrogens (tertiary/aromatic N) is 3. The molecule has 0 saturated heterocycles. The van der Waals surface area contributed by atoms with Crippen LogP contribution in [0.4, 0.5) is 0 Å². The van der Waals surface area contributed by atoms with Crippen LogP contribution in [-0.4, -0.2) is 59.9 Å². The molecule has 0 aliphatic carbocycles. The van der Waals surface area contributed by atoms with Crippen LogP contribution in [0.25, 0.3) is 0 Å². The van der Waals surface area contributed by atoms with Crippen molar-refractivity contribution < 1.29 is 9.63 Å². The van der Waals surface area contributed by atoms with Gasteiger partial charge in [-0.15, -0.1) is 0 Å². The number of aliphatic hydroxyl groups excluding tert-OH is 1. The largest absolute Gasteiger partial charge is 0.395 e. The molecule has 5 heteroatoms. The average Bonchev–Trinajstić information content (AvgIpc) is 2.64. The van der Waals surface area contributed by atoms with Gasteiger partial charge >= 0.3 is 0 Å². The fourth-order valence-electron chi connectivity index (χ4n) is 1.74. The zero-order chi connectivity index (χ0) is 12.8. The molecule has 1 atom stereocenters. The van der Waals surface area contributed by atoms with Crippen molar-refractivity contribution >= 4 is 0 Å².